The number of amides is 1. The zero-order valence-corrected chi connectivity index (χ0v) is 14.1. The van der Waals surface area contributed by atoms with Crippen molar-refractivity contribution in [3.05, 3.63) is 76.9 Å². The van der Waals surface area contributed by atoms with Crippen molar-refractivity contribution in [1.82, 2.24) is 0 Å². The minimum absolute atomic E-state index is 0.286. The lowest BCUT2D eigenvalue weighted by atomic mass is 9.98. The van der Waals surface area contributed by atoms with Gasteiger partial charge in [-0.2, -0.15) is 0 Å². The number of cyclic esters (lactones) is 1. The first-order valence-electron chi connectivity index (χ1n) is 8.84. The summed E-state index contributed by atoms with van der Waals surface area (Å²) in [5.41, 5.74) is 4.82. The van der Waals surface area contributed by atoms with E-state index in [0.29, 0.717) is 12.0 Å². The quantitative estimate of drug-likeness (QED) is 0.723. The maximum atomic E-state index is 12.8. The summed E-state index contributed by atoms with van der Waals surface area (Å²) >= 11 is 0. The maximum absolute atomic E-state index is 12.8. The van der Waals surface area contributed by atoms with Gasteiger partial charge in [0.25, 0.3) is 5.91 Å². The first-order valence-corrected chi connectivity index (χ1v) is 8.84. The molecule has 1 N–H and O–H groups in total. The smallest absolute Gasteiger partial charge is 0.339 e. The molecule has 0 saturated carbocycles. The van der Waals surface area contributed by atoms with Crippen molar-refractivity contribution in [2.45, 2.75) is 25.4 Å². The van der Waals surface area contributed by atoms with Gasteiger partial charge in [-0.05, 0) is 47.1 Å². The number of hydrogen-bond acceptors (Lipinski definition) is 3. The van der Waals surface area contributed by atoms with E-state index in [1.54, 1.807) is 12.1 Å². The van der Waals surface area contributed by atoms with Gasteiger partial charge in [0, 0.05) is 17.5 Å². The molecule has 4 nitrogen and oxygen atoms in total. The van der Waals surface area contributed by atoms with Crippen molar-refractivity contribution < 1.29 is 14.3 Å². The molecule has 0 aromatic heterocycles. The third kappa shape index (κ3) is 2.30. The molecular weight excluding hydrogens is 326 g/mol. The number of hydrogen-bond donors (Lipinski definition) is 1. The Kier molecular flexibility index (Phi) is 3.32. The van der Waals surface area contributed by atoms with Crippen LogP contribution in [0.25, 0.3) is 10.8 Å². The van der Waals surface area contributed by atoms with Crippen LogP contribution in [0.2, 0.25) is 0 Å². The van der Waals surface area contributed by atoms with Crippen molar-refractivity contribution in [2.24, 2.45) is 0 Å². The molecule has 1 atom stereocenters. The Balaban J connectivity index is 1.45. The molecular formula is C22H17NO3. The average molecular weight is 343 g/mol. The molecule has 1 unspecified atom stereocenters. The molecule has 128 valence electrons. The molecule has 4 heteroatoms. The van der Waals surface area contributed by atoms with E-state index in [2.05, 4.69) is 17.4 Å². The lowest BCUT2D eigenvalue weighted by molar-refractivity contribution is -0.125. The van der Waals surface area contributed by atoms with Crippen LogP contribution in [0.1, 0.15) is 27.0 Å². The Morgan fingerprint density at radius 3 is 2.58 bits per heavy atom. The van der Waals surface area contributed by atoms with Crippen molar-refractivity contribution in [3.63, 3.8) is 0 Å². The van der Waals surface area contributed by atoms with Crippen molar-refractivity contribution in [2.75, 3.05) is 5.32 Å². The molecule has 0 radical (unpaired) electrons. The van der Waals surface area contributed by atoms with Crippen LogP contribution in [-0.2, 0) is 28.8 Å². The molecule has 1 amide bonds. The van der Waals surface area contributed by atoms with Crippen LogP contribution in [0.4, 0.5) is 5.69 Å². The fourth-order valence-electron chi connectivity index (χ4n) is 4.05. The monoisotopic (exact) mass is 343 g/mol. The molecule has 3 aromatic carbocycles. The van der Waals surface area contributed by atoms with Gasteiger partial charge in [0.2, 0.25) is 0 Å². The molecule has 26 heavy (non-hydrogen) atoms. The van der Waals surface area contributed by atoms with Gasteiger partial charge in [-0.15, -0.1) is 0 Å². The summed E-state index contributed by atoms with van der Waals surface area (Å²) in [7, 11) is 0. The lowest BCUT2D eigenvalue weighted by Gasteiger charge is -2.24. The molecule has 1 aliphatic carbocycles. The Morgan fingerprint density at radius 1 is 0.923 bits per heavy atom. The summed E-state index contributed by atoms with van der Waals surface area (Å²) in [6.45, 7) is 0. The second-order valence-electron chi connectivity index (χ2n) is 6.86. The summed E-state index contributed by atoms with van der Waals surface area (Å²) in [4.78, 5) is 24.9. The first-order chi connectivity index (χ1) is 12.7. The minimum atomic E-state index is -0.805. The topological polar surface area (TPSA) is 55.4 Å². The highest BCUT2D eigenvalue weighted by atomic mass is 16.5. The van der Waals surface area contributed by atoms with Crippen LogP contribution >= 0.6 is 0 Å². The number of benzene rings is 3. The van der Waals surface area contributed by atoms with Crippen molar-refractivity contribution >= 4 is 28.3 Å². The largest absolute Gasteiger partial charge is 0.448 e. The number of carbonyl (C=O) groups is 2. The van der Waals surface area contributed by atoms with Crippen molar-refractivity contribution in [1.29, 1.82) is 0 Å². The Hall–Kier alpha value is -3.14. The number of ether oxygens (including phenoxy) is 1. The Morgan fingerprint density at radius 2 is 1.69 bits per heavy atom. The van der Waals surface area contributed by atoms with E-state index < -0.39 is 12.1 Å². The summed E-state index contributed by atoms with van der Waals surface area (Å²) < 4.78 is 5.37. The summed E-state index contributed by atoms with van der Waals surface area (Å²) in [6, 6.07) is 17.5. The Bertz CT molecular complexity index is 1060. The zero-order valence-electron chi connectivity index (χ0n) is 14.1. The van der Waals surface area contributed by atoms with Gasteiger partial charge in [0.15, 0.2) is 6.10 Å². The van der Waals surface area contributed by atoms with Crippen LogP contribution in [0.3, 0.4) is 0 Å². The van der Waals surface area contributed by atoms with E-state index >= 15 is 0 Å². The fourth-order valence-corrected chi connectivity index (χ4v) is 4.05. The third-order valence-corrected chi connectivity index (χ3v) is 5.32. The van der Waals surface area contributed by atoms with Gasteiger partial charge in [-0.25, -0.2) is 4.79 Å². The van der Waals surface area contributed by atoms with Crippen LogP contribution in [0.5, 0.6) is 0 Å². The van der Waals surface area contributed by atoms with Gasteiger partial charge in [0.1, 0.15) is 0 Å². The van der Waals surface area contributed by atoms with E-state index in [1.807, 2.05) is 30.3 Å². The molecule has 0 spiro atoms. The maximum Gasteiger partial charge on any atom is 0.339 e. The summed E-state index contributed by atoms with van der Waals surface area (Å²) in [6.07, 6.45) is 1.68. The SMILES string of the molecule is O=C1OC(C(=O)Nc2ccc3c4c(cccc24)CC3)Cc2ccccc21. The lowest BCUT2D eigenvalue weighted by Crippen LogP contribution is -2.38. The van der Waals surface area contributed by atoms with Crippen LogP contribution in [0.15, 0.2) is 54.6 Å². The van der Waals surface area contributed by atoms with Gasteiger partial charge < -0.3 is 10.1 Å². The number of anilines is 1. The van der Waals surface area contributed by atoms with Crippen LogP contribution < -0.4 is 5.32 Å². The molecule has 5 rings (SSSR count). The Labute approximate surface area is 150 Å². The number of carbonyl (C=O) groups excluding carboxylic acids is 2. The predicted octanol–water partition coefficient (Wildman–Crippen LogP) is 3.66. The number of nitrogens with one attached hydrogen (secondary N) is 1. The second kappa shape index (κ2) is 5.70. The molecule has 2 aliphatic rings. The molecule has 1 aliphatic heterocycles. The second-order valence-corrected chi connectivity index (χ2v) is 6.86. The van der Waals surface area contributed by atoms with E-state index in [9.17, 15) is 9.59 Å². The first kappa shape index (κ1) is 15.1. The number of aryl methyl sites for hydroxylation is 2. The number of esters is 1. The third-order valence-electron chi connectivity index (χ3n) is 5.32. The number of rotatable bonds is 2. The molecule has 0 saturated heterocycles. The summed E-state index contributed by atoms with van der Waals surface area (Å²) in [5.74, 6) is -0.723. The van der Waals surface area contributed by atoms with Gasteiger partial charge in [0.05, 0.1) is 5.56 Å². The van der Waals surface area contributed by atoms with E-state index in [4.69, 9.17) is 4.74 Å². The van der Waals surface area contributed by atoms with E-state index in [0.717, 1.165) is 29.5 Å². The minimum Gasteiger partial charge on any atom is -0.448 e. The highest BCUT2D eigenvalue weighted by Gasteiger charge is 2.31. The van der Waals surface area contributed by atoms with E-state index in [-0.39, 0.29) is 5.91 Å². The highest BCUT2D eigenvalue weighted by Crippen LogP contribution is 2.35. The van der Waals surface area contributed by atoms with Gasteiger partial charge in [-0.3, -0.25) is 4.79 Å². The van der Waals surface area contributed by atoms with Crippen molar-refractivity contribution in [3.8, 4) is 0 Å². The zero-order chi connectivity index (χ0) is 17.7. The normalized spacial score (nSPS) is 17.7. The molecule has 0 fully saturated rings. The fraction of sp³-hybridized carbons (Fsp3) is 0.182. The predicted molar refractivity (Wildman–Crippen MR) is 99.3 cm³/mol. The van der Waals surface area contributed by atoms with E-state index in [1.165, 1.54) is 16.5 Å². The standard InChI is InChI=1S/C22H17NO3/c24-21(19-12-15-4-1-2-6-16(15)22(25)26-19)23-18-11-10-14-9-8-13-5-3-7-17(18)20(13)14/h1-7,10-11,19H,8-9,12H2,(H,23,24). The van der Waals surface area contributed by atoms with Crippen LogP contribution in [-0.4, -0.2) is 18.0 Å². The summed E-state index contributed by atoms with van der Waals surface area (Å²) in [5, 5.41) is 5.27. The number of fused-ring (bicyclic) bond motifs is 1. The highest BCUT2D eigenvalue weighted by molar-refractivity contribution is 6.07. The van der Waals surface area contributed by atoms with Gasteiger partial charge in [-0.1, -0.05) is 42.5 Å². The molecule has 0 bridgehead atoms. The van der Waals surface area contributed by atoms with Gasteiger partial charge >= 0.3 is 5.97 Å². The van der Waals surface area contributed by atoms with Crippen LogP contribution in [0, 0.1) is 0 Å². The molecule has 3 aromatic rings. The molecule has 1 heterocycles. The average Bonchev–Trinajstić information content (AvgIpc) is 3.09.